The van der Waals surface area contributed by atoms with Crippen molar-refractivity contribution in [2.24, 2.45) is 11.8 Å². The van der Waals surface area contributed by atoms with Crippen LogP contribution in [0.25, 0.3) is 0 Å². The van der Waals surface area contributed by atoms with E-state index in [-0.39, 0.29) is 0 Å². The van der Waals surface area contributed by atoms with E-state index < -0.39 is 0 Å². The summed E-state index contributed by atoms with van der Waals surface area (Å²) in [6.07, 6.45) is 0.571. The summed E-state index contributed by atoms with van der Waals surface area (Å²) in [5.41, 5.74) is 1.21. The molecule has 2 nitrogen and oxygen atoms in total. The second-order valence-electron chi connectivity index (χ2n) is 4.85. The van der Waals surface area contributed by atoms with Crippen LogP contribution >= 0.6 is 15.9 Å². The monoisotopic (exact) mass is 308 g/mol. The number of benzene rings is 1. The summed E-state index contributed by atoms with van der Waals surface area (Å²) >= 11 is 3.59. The van der Waals surface area contributed by atoms with Crippen LogP contribution in [-0.4, -0.2) is 18.4 Å². The van der Waals surface area contributed by atoms with E-state index in [0.717, 1.165) is 18.4 Å². The van der Waals surface area contributed by atoms with Crippen LogP contribution in [0, 0.1) is 23.2 Å². The molecule has 3 heteroatoms. The third-order valence-corrected chi connectivity index (χ3v) is 4.04. The van der Waals surface area contributed by atoms with Crippen LogP contribution in [0.1, 0.15) is 20.3 Å². The van der Waals surface area contributed by atoms with Crippen molar-refractivity contribution < 1.29 is 0 Å². The normalized spacial score (nSPS) is 12.2. The standard InChI is InChI=1S/C15H21BrN2/c1-13(2)14(11-16)12-18(10-6-9-17)15-7-4-3-5-8-15/h3-5,7-8,13-14H,6,10-12H2,1-2H3. The Hall–Kier alpha value is -1.01. The molecule has 0 amide bonds. The van der Waals surface area contributed by atoms with Crippen molar-refractivity contribution >= 4 is 21.6 Å². The first-order valence-electron chi connectivity index (χ1n) is 6.42. The first kappa shape index (κ1) is 15.0. The molecule has 1 atom stereocenters. The third-order valence-electron chi connectivity index (χ3n) is 3.21. The summed E-state index contributed by atoms with van der Waals surface area (Å²) in [4.78, 5) is 2.31. The van der Waals surface area contributed by atoms with Crippen molar-refractivity contribution in [1.82, 2.24) is 0 Å². The molecule has 0 aliphatic carbocycles. The molecule has 98 valence electrons. The van der Waals surface area contributed by atoms with Crippen LogP contribution in [-0.2, 0) is 0 Å². The number of rotatable bonds is 7. The van der Waals surface area contributed by atoms with Crippen molar-refractivity contribution in [2.45, 2.75) is 20.3 Å². The summed E-state index contributed by atoms with van der Waals surface area (Å²) in [5.74, 6) is 1.24. The van der Waals surface area contributed by atoms with Gasteiger partial charge in [0.05, 0.1) is 12.5 Å². The molecular formula is C15H21BrN2. The Labute approximate surface area is 119 Å². The third kappa shape index (κ3) is 4.70. The fourth-order valence-electron chi connectivity index (χ4n) is 1.87. The number of alkyl halides is 1. The zero-order valence-corrected chi connectivity index (χ0v) is 12.7. The zero-order valence-electron chi connectivity index (χ0n) is 11.1. The Kier molecular flexibility index (Phi) is 6.82. The molecule has 0 N–H and O–H groups in total. The molecule has 0 spiro atoms. The molecule has 1 rings (SSSR count). The fourth-order valence-corrected chi connectivity index (χ4v) is 2.82. The highest BCUT2D eigenvalue weighted by Gasteiger charge is 2.16. The van der Waals surface area contributed by atoms with Gasteiger partial charge in [-0.3, -0.25) is 0 Å². The SMILES string of the molecule is CC(C)C(CBr)CN(CCC#N)c1ccccc1. The van der Waals surface area contributed by atoms with Crippen molar-refractivity contribution in [3.63, 3.8) is 0 Å². The Bertz CT molecular complexity index is 370. The average Bonchev–Trinajstić information content (AvgIpc) is 2.39. The number of hydrogen-bond donors (Lipinski definition) is 0. The van der Waals surface area contributed by atoms with Crippen LogP contribution in [0.15, 0.2) is 30.3 Å². The quantitative estimate of drug-likeness (QED) is 0.710. The van der Waals surface area contributed by atoms with Gasteiger partial charge in [0.2, 0.25) is 0 Å². The van der Waals surface area contributed by atoms with Gasteiger partial charge in [-0.1, -0.05) is 48.0 Å². The van der Waals surface area contributed by atoms with Crippen molar-refractivity contribution in [3.05, 3.63) is 30.3 Å². The van der Waals surface area contributed by atoms with E-state index >= 15 is 0 Å². The lowest BCUT2D eigenvalue weighted by molar-refractivity contribution is 0.426. The van der Waals surface area contributed by atoms with E-state index in [1.54, 1.807) is 0 Å². The molecule has 0 saturated carbocycles. The minimum atomic E-state index is 0.571. The highest BCUT2D eigenvalue weighted by molar-refractivity contribution is 9.09. The Morgan fingerprint density at radius 3 is 2.44 bits per heavy atom. The summed E-state index contributed by atoms with van der Waals surface area (Å²) in [5, 5.41) is 9.78. The molecule has 1 aromatic rings. The van der Waals surface area contributed by atoms with Gasteiger partial charge in [0.25, 0.3) is 0 Å². The molecule has 0 radical (unpaired) electrons. The molecule has 1 aromatic carbocycles. The lowest BCUT2D eigenvalue weighted by atomic mass is 9.97. The number of nitrogens with zero attached hydrogens (tertiary/aromatic N) is 2. The predicted octanol–water partition coefficient (Wildman–Crippen LogP) is 4.07. The van der Waals surface area contributed by atoms with E-state index in [1.807, 2.05) is 18.2 Å². The molecule has 0 fully saturated rings. The number of nitriles is 1. The van der Waals surface area contributed by atoms with Gasteiger partial charge in [0.1, 0.15) is 0 Å². The molecule has 0 heterocycles. The smallest absolute Gasteiger partial charge is 0.0640 e. The molecule has 1 unspecified atom stereocenters. The highest BCUT2D eigenvalue weighted by atomic mass is 79.9. The maximum atomic E-state index is 8.78. The molecule has 0 aromatic heterocycles. The first-order valence-corrected chi connectivity index (χ1v) is 7.54. The Morgan fingerprint density at radius 1 is 1.28 bits per heavy atom. The van der Waals surface area contributed by atoms with Crippen molar-refractivity contribution in [3.8, 4) is 6.07 Å². The molecule has 0 aliphatic rings. The van der Waals surface area contributed by atoms with E-state index in [1.165, 1.54) is 5.69 Å². The number of para-hydroxylation sites is 1. The molecule has 18 heavy (non-hydrogen) atoms. The molecule has 0 bridgehead atoms. The predicted molar refractivity (Wildman–Crippen MR) is 81.0 cm³/mol. The lowest BCUT2D eigenvalue weighted by Crippen LogP contribution is -2.33. The number of halogens is 1. The maximum absolute atomic E-state index is 8.78. The maximum Gasteiger partial charge on any atom is 0.0640 e. The Morgan fingerprint density at radius 2 is 1.94 bits per heavy atom. The lowest BCUT2D eigenvalue weighted by Gasteiger charge is -2.30. The number of hydrogen-bond acceptors (Lipinski definition) is 2. The van der Waals surface area contributed by atoms with E-state index in [9.17, 15) is 0 Å². The van der Waals surface area contributed by atoms with E-state index in [4.69, 9.17) is 5.26 Å². The van der Waals surface area contributed by atoms with Crippen LogP contribution in [0.4, 0.5) is 5.69 Å². The second kappa shape index (κ2) is 8.16. The van der Waals surface area contributed by atoms with E-state index in [0.29, 0.717) is 18.3 Å². The van der Waals surface area contributed by atoms with Gasteiger partial charge >= 0.3 is 0 Å². The average molecular weight is 309 g/mol. The first-order chi connectivity index (χ1) is 8.69. The van der Waals surface area contributed by atoms with Gasteiger partial charge in [-0.05, 0) is 24.0 Å². The zero-order chi connectivity index (χ0) is 13.4. The largest absolute Gasteiger partial charge is 0.370 e. The van der Waals surface area contributed by atoms with Crippen LogP contribution in [0.2, 0.25) is 0 Å². The van der Waals surface area contributed by atoms with E-state index in [2.05, 4.69) is 52.9 Å². The Balaban J connectivity index is 2.76. The summed E-state index contributed by atoms with van der Waals surface area (Å²) in [7, 11) is 0. The topological polar surface area (TPSA) is 27.0 Å². The fraction of sp³-hybridized carbons (Fsp3) is 0.533. The summed E-state index contributed by atoms with van der Waals surface area (Å²) in [6.45, 7) is 6.30. The second-order valence-corrected chi connectivity index (χ2v) is 5.50. The summed E-state index contributed by atoms with van der Waals surface area (Å²) < 4.78 is 0. The minimum Gasteiger partial charge on any atom is -0.370 e. The van der Waals surface area contributed by atoms with Crippen LogP contribution in [0.3, 0.4) is 0 Å². The van der Waals surface area contributed by atoms with Crippen molar-refractivity contribution in [1.29, 1.82) is 5.26 Å². The summed E-state index contributed by atoms with van der Waals surface area (Å²) in [6, 6.07) is 12.6. The molecule has 0 saturated heterocycles. The highest BCUT2D eigenvalue weighted by Crippen LogP contribution is 2.20. The van der Waals surface area contributed by atoms with Gasteiger partial charge in [0, 0.05) is 24.1 Å². The van der Waals surface area contributed by atoms with Gasteiger partial charge in [-0.15, -0.1) is 0 Å². The van der Waals surface area contributed by atoms with Gasteiger partial charge < -0.3 is 4.90 Å². The number of anilines is 1. The van der Waals surface area contributed by atoms with Crippen LogP contribution < -0.4 is 4.90 Å². The van der Waals surface area contributed by atoms with Crippen molar-refractivity contribution in [2.75, 3.05) is 23.3 Å². The molecular weight excluding hydrogens is 288 g/mol. The van der Waals surface area contributed by atoms with Gasteiger partial charge in [-0.2, -0.15) is 5.26 Å². The molecule has 0 aliphatic heterocycles. The van der Waals surface area contributed by atoms with Gasteiger partial charge in [0.15, 0.2) is 0 Å². The minimum absolute atomic E-state index is 0.571. The van der Waals surface area contributed by atoms with Crippen LogP contribution in [0.5, 0.6) is 0 Å². The van der Waals surface area contributed by atoms with Gasteiger partial charge in [-0.25, -0.2) is 0 Å².